The number of aromatic amines is 1. The summed E-state index contributed by atoms with van der Waals surface area (Å²) in [5.41, 5.74) is 2.01. The fourth-order valence-corrected chi connectivity index (χ4v) is 1.96. The van der Waals surface area contributed by atoms with Gasteiger partial charge in [-0.15, -0.1) is 12.4 Å². The first-order chi connectivity index (χ1) is 9.61. The lowest BCUT2D eigenvalue weighted by Gasteiger charge is -2.11. The van der Waals surface area contributed by atoms with Gasteiger partial charge in [-0.1, -0.05) is 23.7 Å². The van der Waals surface area contributed by atoms with E-state index in [1.165, 1.54) is 6.20 Å². The second-order valence-electron chi connectivity index (χ2n) is 4.57. The highest BCUT2D eigenvalue weighted by Crippen LogP contribution is 2.23. The molecule has 3 N–H and O–H groups in total. The van der Waals surface area contributed by atoms with Gasteiger partial charge in [0.2, 0.25) is 0 Å². The predicted molar refractivity (Wildman–Crippen MR) is 87.1 cm³/mol. The van der Waals surface area contributed by atoms with Crippen molar-refractivity contribution in [1.82, 2.24) is 20.8 Å². The molecule has 7 heteroatoms. The van der Waals surface area contributed by atoms with E-state index in [0.29, 0.717) is 22.8 Å². The summed E-state index contributed by atoms with van der Waals surface area (Å²) in [6.07, 6.45) is 1.52. The van der Waals surface area contributed by atoms with Crippen molar-refractivity contribution < 1.29 is 4.79 Å². The molecule has 0 radical (unpaired) electrons. The van der Waals surface area contributed by atoms with E-state index in [-0.39, 0.29) is 24.4 Å². The average molecular weight is 329 g/mol. The number of amides is 1. The molecule has 0 saturated heterocycles. The summed E-state index contributed by atoms with van der Waals surface area (Å²) in [4.78, 5) is 12.2. The molecule has 2 rings (SSSR count). The summed E-state index contributed by atoms with van der Waals surface area (Å²) in [6, 6.07) is 7.51. The van der Waals surface area contributed by atoms with E-state index in [2.05, 4.69) is 20.8 Å². The number of carbonyl (C=O) groups excluding carboxylic acids is 1. The number of aromatic nitrogens is 2. The molecule has 1 aromatic carbocycles. The van der Waals surface area contributed by atoms with Crippen LogP contribution in [0.25, 0.3) is 11.3 Å². The van der Waals surface area contributed by atoms with Crippen molar-refractivity contribution in [3.05, 3.63) is 41.0 Å². The lowest BCUT2D eigenvalue weighted by molar-refractivity contribution is 0.0951. The van der Waals surface area contributed by atoms with Crippen molar-refractivity contribution >= 4 is 29.9 Å². The third kappa shape index (κ3) is 4.46. The van der Waals surface area contributed by atoms with E-state index in [0.717, 1.165) is 5.56 Å². The molecule has 0 aliphatic heterocycles. The minimum atomic E-state index is -0.157. The summed E-state index contributed by atoms with van der Waals surface area (Å²) < 4.78 is 0. The molecule has 114 valence electrons. The van der Waals surface area contributed by atoms with E-state index >= 15 is 0 Å². The van der Waals surface area contributed by atoms with E-state index in [1.807, 2.05) is 26.1 Å². The molecule has 2 aromatic rings. The van der Waals surface area contributed by atoms with Gasteiger partial charge in [0.15, 0.2) is 0 Å². The smallest absolute Gasteiger partial charge is 0.255 e. The van der Waals surface area contributed by atoms with Crippen molar-refractivity contribution in [1.29, 1.82) is 0 Å². The van der Waals surface area contributed by atoms with Crippen LogP contribution in [0, 0.1) is 0 Å². The second kappa shape index (κ2) is 8.02. The molecule has 0 aliphatic carbocycles. The maximum absolute atomic E-state index is 12.2. The van der Waals surface area contributed by atoms with Gasteiger partial charge in [-0.2, -0.15) is 5.10 Å². The number of benzene rings is 1. The highest BCUT2D eigenvalue weighted by atomic mass is 35.5. The molecule has 0 saturated carbocycles. The van der Waals surface area contributed by atoms with Crippen molar-refractivity contribution in [3.63, 3.8) is 0 Å². The van der Waals surface area contributed by atoms with Crippen LogP contribution in [0.4, 0.5) is 0 Å². The zero-order valence-corrected chi connectivity index (χ0v) is 13.4. The Morgan fingerprint density at radius 1 is 1.48 bits per heavy atom. The molecule has 0 aliphatic rings. The number of H-pyrrole nitrogens is 1. The van der Waals surface area contributed by atoms with Gasteiger partial charge in [-0.05, 0) is 26.1 Å². The van der Waals surface area contributed by atoms with Crippen LogP contribution >= 0.6 is 24.0 Å². The molecule has 1 aromatic heterocycles. The summed E-state index contributed by atoms with van der Waals surface area (Å²) in [5, 5.41) is 13.3. The third-order valence-corrected chi connectivity index (χ3v) is 3.29. The van der Waals surface area contributed by atoms with Crippen LogP contribution in [0.3, 0.4) is 0 Å². The van der Waals surface area contributed by atoms with Gasteiger partial charge in [-0.25, -0.2) is 0 Å². The highest BCUT2D eigenvalue weighted by molar-refractivity contribution is 6.30. The zero-order valence-electron chi connectivity index (χ0n) is 11.8. The van der Waals surface area contributed by atoms with Crippen molar-refractivity contribution in [2.45, 2.75) is 13.0 Å². The SMILES string of the molecule is CNC(C)CNC(=O)c1cn[nH]c1-c1cccc(Cl)c1.Cl. The Kier molecular flexibility index (Phi) is 6.68. The van der Waals surface area contributed by atoms with Crippen LogP contribution in [0.15, 0.2) is 30.5 Å². The van der Waals surface area contributed by atoms with Crippen LogP contribution < -0.4 is 10.6 Å². The Morgan fingerprint density at radius 3 is 2.90 bits per heavy atom. The normalized spacial score (nSPS) is 11.6. The number of halogens is 2. The monoisotopic (exact) mass is 328 g/mol. The van der Waals surface area contributed by atoms with Crippen molar-refractivity contribution in [2.24, 2.45) is 0 Å². The number of nitrogens with zero attached hydrogens (tertiary/aromatic N) is 1. The van der Waals surface area contributed by atoms with Crippen LogP contribution in [0.1, 0.15) is 17.3 Å². The first kappa shape index (κ1) is 17.5. The molecule has 5 nitrogen and oxygen atoms in total. The molecular weight excluding hydrogens is 311 g/mol. The Hall–Kier alpha value is -1.56. The number of nitrogens with one attached hydrogen (secondary N) is 3. The van der Waals surface area contributed by atoms with Crippen LogP contribution in [-0.4, -0.2) is 35.7 Å². The molecule has 0 spiro atoms. The first-order valence-corrected chi connectivity index (χ1v) is 6.74. The van der Waals surface area contributed by atoms with E-state index in [9.17, 15) is 4.79 Å². The fourth-order valence-electron chi connectivity index (χ4n) is 1.77. The second-order valence-corrected chi connectivity index (χ2v) is 5.01. The molecule has 0 bridgehead atoms. The Labute approximate surface area is 134 Å². The Bertz CT molecular complexity index is 600. The van der Waals surface area contributed by atoms with Gasteiger partial charge in [-0.3, -0.25) is 9.89 Å². The number of hydrogen-bond acceptors (Lipinski definition) is 3. The topological polar surface area (TPSA) is 69.8 Å². The van der Waals surface area contributed by atoms with Crippen LogP contribution in [0.2, 0.25) is 5.02 Å². The summed E-state index contributed by atoms with van der Waals surface area (Å²) in [6.45, 7) is 2.54. The Morgan fingerprint density at radius 2 is 2.24 bits per heavy atom. The molecule has 0 fully saturated rings. The van der Waals surface area contributed by atoms with Crippen LogP contribution in [0.5, 0.6) is 0 Å². The first-order valence-electron chi connectivity index (χ1n) is 6.36. The van der Waals surface area contributed by atoms with E-state index in [4.69, 9.17) is 11.6 Å². The number of rotatable bonds is 5. The van der Waals surface area contributed by atoms with Gasteiger partial charge in [0, 0.05) is 23.2 Å². The lowest BCUT2D eigenvalue weighted by atomic mass is 10.1. The van der Waals surface area contributed by atoms with Gasteiger partial charge >= 0.3 is 0 Å². The minimum absolute atomic E-state index is 0. The molecule has 1 atom stereocenters. The van der Waals surface area contributed by atoms with Gasteiger partial charge in [0.05, 0.1) is 17.5 Å². The highest BCUT2D eigenvalue weighted by Gasteiger charge is 2.15. The predicted octanol–water partition coefficient (Wildman–Crippen LogP) is 2.49. The quantitative estimate of drug-likeness (QED) is 0.789. The van der Waals surface area contributed by atoms with Gasteiger partial charge in [0.25, 0.3) is 5.91 Å². The molecule has 21 heavy (non-hydrogen) atoms. The van der Waals surface area contributed by atoms with Gasteiger partial charge < -0.3 is 10.6 Å². The van der Waals surface area contributed by atoms with E-state index < -0.39 is 0 Å². The number of hydrogen-bond donors (Lipinski definition) is 3. The van der Waals surface area contributed by atoms with Gasteiger partial charge in [0.1, 0.15) is 0 Å². The average Bonchev–Trinajstić information content (AvgIpc) is 2.93. The fraction of sp³-hybridized carbons (Fsp3) is 0.286. The number of carbonyl (C=O) groups is 1. The summed E-state index contributed by atoms with van der Waals surface area (Å²) in [7, 11) is 1.85. The standard InChI is InChI=1S/C14H17ClN4O.ClH/c1-9(16-2)7-17-14(20)12-8-18-19-13(12)10-4-3-5-11(15)6-10;/h3-6,8-9,16H,7H2,1-2H3,(H,17,20)(H,18,19);1H. The van der Waals surface area contributed by atoms with Crippen LogP contribution in [-0.2, 0) is 0 Å². The third-order valence-electron chi connectivity index (χ3n) is 3.06. The number of likely N-dealkylation sites (N-methyl/N-ethyl adjacent to an activating group) is 1. The maximum atomic E-state index is 12.2. The molecule has 1 unspecified atom stereocenters. The maximum Gasteiger partial charge on any atom is 0.255 e. The Balaban J connectivity index is 0.00000220. The molecule has 1 heterocycles. The zero-order chi connectivity index (χ0) is 14.5. The minimum Gasteiger partial charge on any atom is -0.350 e. The van der Waals surface area contributed by atoms with Crippen molar-refractivity contribution in [2.75, 3.05) is 13.6 Å². The summed E-state index contributed by atoms with van der Waals surface area (Å²) in [5.74, 6) is -0.157. The van der Waals surface area contributed by atoms with Crippen molar-refractivity contribution in [3.8, 4) is 11.3 Å². The molecule has 1 amide bonds. The lowest BCUT2D eigenvalue weighted by Crippen LogP contribution is -2.37. The molecular formula is C14H18Cl2N4O. The van der Waals surface area contributed by atoms with E-state index in [1.54, 1.807) is 12.1 Å². The largest absolute Gasteiger partial charge is 0.350 e. The summed E-state index contributed by atoms with van der Waals surface area (Å²) >= 11 is 5.97.